The standard InChI is InChI=1S/C16H19BrO/c1-11(18)12-4-7-16(8-5-12)9-6-13-10-14(17)2-3-15(13)16/h2-3,10,12H,4-9H2,1H3. The average molecular weight is 307 g/mol. The molecule has 1 saturated carbocycles. The Kier molecular flexibility index (Phi) is 3.09. The van der Waals surface area contributed by atoms with Gasteiger partial charge in [-0.2, -0.15) is 0 Å². The first-order valence-electron chi connectivity index (χ1n) is 6.90. The number of fused-ring (bicyclic) bond motifs is 2. The first kappa shape index (κ1) is 12.4. The molecule has 2 heteroatoms. The van der Waals surface area contributed by atoms with Gasteiger partial charge in [-0.1, -0.05) is 22.0 Å². The van der Waals surface area contributed by atoms with Gasteiger partial charge in [-0.3, -0.25) is 4.79 Å². The third kappa shape index (κ3) is 1.95. The van der Waals surface area contributed by atoms with Gasteiger partial charge in [0.05, 0.1) is 0 Å². The van der Waals surface area contributed by atoms with Crippen LogP contribution in [0.2, 0.25) is 0 Å². The Hall–Kier alpha value is -0.630. The summed E-state index contributed by atoms with van der Waals surface area (Å²) in [7, 11) is 0. The first-order valence-corrected chi connectivity index (χ1v) is 7.69. The molecule has 2 aliphatic carbocycles. The highest BCUT2D eigenvalue weighted by Gasteiger charge is 2.42. The minimum atomic E-state index is 0.329. The van der Waals surface area contributed by atoms with Crippen molar-refractivity contribution < 1.29 is 4.79 Å². The molecule has 1 fully saturated rings. The third-order valence-electron chi connectivity index (χ3n) is 5.03. The van der Waals surface area contributed by atoms with Crippen LogP contribution in [0.1, 0.15) is 50.2 Å². The quantitative estimate of drug-likeness (QED) is 0.751. The van der Waals surface area contributed by atoms with Gasteiger partial charge in [0.1, 0.15) is 5.78 Å². The predicted octanol–water partition coefficient (Wildman–Crippen LogP) is 4.41. The molecule has 1 aromatic carbocycles. The smallest absolute Gasteiger partial charge is 0.132 e. The summed E-state index contributed by atoms with van der Waals surface area (Å²) in [4.78, 5) is 11.5. The Labute approximate surface area is 117 Å². The monoisotopic (exact) mass is 306 g/mol. The van der Waals surface area contributed by atoms with Gasteiger partial charge >= 0.3 is 0 Å². The van der Waals surface area contributed by atoms with Crippen LogP contribution in [0.15, 0.2) is 22.7 Å². The number of benzene rings is 1. The summed E-state index contributed by atoms with van der Waals surface area (Å²) < 4.78 is 1.19. The zero-order chi connectivity index (χ0) is 12.8. The lowest BCUT2D eigenvalue weighted by Crippen LogP contribution is -2.31. The maximum Gasteiger partial charge on any atom is 0.132 e. The highest BCUT2D eigenvalue weighted by atomic mass is 79.9. The van der Waals surface area contributed by atoms with E-state index < -0.39 is 0 Å². The second-order valence-corrected chi connectivity index (χ2v) is 6.88. The van der Waals surface area contributed by atoms with Crippen molar-refractivity contribution >= 4 is 21.7 Å². The van der Waals surface area contributed by atoms with Crippen LogP contribution in [0.25, 0.3) is 0 Å². The number of hydrogen-bond donors (Lipinski definition) is 0. The van der Waals surface area contributed by atoms with E-state index in [2.05, 4.69) is 34.1 Å². The molecular formula is C16H19BrO. The molecule has 1 aromatic rings. The molecule has 0 aromatic heterocycles. The summed E-state index contributed by atoms with van der Waals surface area (Å²) in [5.74, 6) is 0.717. The van der Waals surface area contributed by atoms with Crippen molar-refractivity contribution in [3.05, 3.63) is 33.8 Å². The summed E-state index contributed by atoms with van der Waals surface area (Å²) in [5, 5.41) is 0. The van der Waals surface area contributed by atoms with Crippen molar-refractivity contribution in [2.45, 2.75) is 50.9 Å². The van der Waals surface area contributed by atoms with E-state index in [4.69, 9.17) is 0 Å². The largest absolute Gasteiger partial charge is 0.300 e. The van der Waals surface area contributed by atoms with E-state index in [-0.39, 0.29) is 0 Å². The van der Waals surface area contributed by atoms with E-state index in [1.807, 2.05) is 0 Å². The summed E-state index contributed by atoms with van der Waals surface area (Å²) in [5.41, 5.74) is 3.47. The van der Waals surface area contributed by atoms with Gasteiger partial charge in [0, 0.05) is 10.4 Å². The Morgan fingerprint density at radius 2 is 2.00 bits per heavy atom. The molecule has 0 bridgehead atoms. The number of carbonyl (C=O) groups is 1. The van der Waals surface area contributed by atoms with E-state index in [0.717, 1.165) is 12.8 Å². The molecule has 1 spiro atoms. The van der Waals surface area contributed by atoms with Gasteiger partial charge in [0.25, 0.3) is 0 Å². The number of hydrogen-bond acceptors (Lipinski definition) is 1. The molecule has 0 saturated heterocycles. The van der Waals surface area contributed by atoms with Crippen LogP contribution >= 0.6 is 15.9 Å². The van der Waals surface area contributed by atoms with Crippen LogP contribution < -0.4 is 0 Å². The summed E-state index contributed by atoms with van der Waals surface area (Å²) in [6, 6.07) is 6.75. The molecule has 3 rings (SSSR count). The SMILES string of the molecule is CC(=O)C1CCC2(CCc3cc(Br)ccc32)CC1. The lowest BCUT2D eigenvalue weighted by molar-refractivity contribution is -0.122. The molecule has 0 atom stereocenters. The lowest BCUT2D eigenvalue weighted by atomic mass is 9.67. The molecule has 0 heterocycles. The maximum absolute atomic E-state index is 11.5. The molecule has 0 amide bonds. The molecule has 18 heavy (non-hydrogen) atoms. The van der Waals surface area contributed by atoms with Gasteiger partial charge in [0.2, 0.25) is 0 Å². The summed E-state index contributed by atoms with van der Waals surface area (Å²) >= 11 is 3.56. The van der Waals surface area contributed by atoms with E-state index in [9.17, 15) is 4.79 Å². The maximum atomic E-state index is 11.5. The van der Waals surface area contributed by atoms with Gasteiger partial charge in [-0.15, -0.1) is 0 Å². The van der Waals surface area contributed by atoms with E-state index in [1.165, 1.54) is 35.7 Å². The fourth-order valence-electron chi connectivity index (χ4n) is 3.89. The number of aryl methyl sites for hydroxylation is 1. The minimum absolute atomic E-state index is 0.329. The van der Waals surface area contributed by atoms with Gasteiger partial charge < -0.3 is 0 Å². The van der Waals surface area contributed by atoms with Gasteiger partial charge in [-0.25, -0.2) is 0 Å². The summed E-state index contributed by atoms with van der Waals surface area (Å²) in [6.07, 6.45) is 7.07. The highest BCUT2D eigenvalue weighted by molar-refractivity contribution is 9.10. The van der Waals surface area contributed by atoms with Gasteiger partial charge in [-0.05, 0) is 74.1 Å². The van der Waals surface area contributed by atoms with Crippen LogP contribution in [0.4, 0.5) is 0 Å². The van der Waals surface area contributed by atoms with Crippen molar-refractivity contribution in [2.75, 3.05) is 0 Å². The molecule has 0 unspecified atom stereocenters. The minimum Gasteiger partial charge on any atom is -0.300 e. The molecule has 1 nitrogen and oxygen atoms in total. The Balaban J connectivity index is 1.86. The number of rotatable bonds is 1. The fourth-order valence-corrected chi connectivity index (χ4v) is 4.30. The van der Waals surface area contributed by atoms with Crippen LogP contribution in [-0.4, -0.2) is 5.78 Å². The van der Waals surface area contributed by atoms with Crippen LogP contribution in [0.3, 0.4) is 0 Å². The lowest BCUT2D eigenvalue weighted by Gasteiger charge is -2.37. The normalized spacial score (nSPS) is 30.4. The Bertz CT molecular complexity index is 484. The number of ketones is 1. The third-order valence-corrected chi connectivity index (χ3v) is 5.52. The number of carbonyl (C=O) groups excluding carboxylic acids is 1. The number of Topliss-reactive ketones (excluding diaryl/α,β-unsaturated/α-hetero) is 1. The van der Waals surface area contributed by atoms with Crippen molar-refractivity contribution in [2.24, 2.45) is 5.92 Å². The fraction of sp³-hybridized carbons (Fsp3) is 0.562. The van der Waals surface area contributed by atoms with E-state index in [0.29, 0.717) is 17.1 Å². The van der Waals surface area contributed by atoms with Crippen LogP contribution in [0.5, 0.6) is 0 Å². The van der Waals surface area contributed by atoms with Crippen molar-refractivity contribution in [3.63, 3.8) is 0 Å². The summed E-state index contributed by atoms with van der Waals surface area (Å²) in [6.45, 7) is 1.75. The van der Waals surface area contributed by atoms with Crippen molar-refractivity contribution in [1.29, 1.82) is 0 Å². The van der Waals surface area contributed by atoms with E-state index in [1.54, 1.807) is 12.5 Å². The number of halogens is 1. The average Bonchev–Trinajstić information content (AvgIpc) is 2.68. The topological polar surface area (TPSA) is 17.1 Å². The highest BCUT2D eigenvalue weighted by Crippen LogP contribution is 2.50. The zero-order valence-corrected chi connectivity index (χ0v) is 12.4. The molecule has 0 N–H and O–H groups in total. The second kappa shape index (κ2) is 4.48. The first-order chi connectivity index (χ1) is 8.61. The van der Waals surface area contributed by atoms with E-state index >= 15 is 0 Å². The van der Waals surface area contributed by atoms with Crippen LogP contribution in [0, 0.1) is 5.92 Å². The Morgan fingerprint density at radius 3 is 2.67 bits per heavy atom. The van der Waals surface area contributed by atoms with Crippen molar-refractivity contribution in [1.82, 2.24) is 0 Å². The van der Waals surface area contributed by atoms with Crippen LogP contribution in [-0.2, 0) is 16.6 Å². The molecular weight excluding hydrogens is 288 g/mol. The zero-order valence-electron chi connectivity index (χ0n) is 10.8. The second-order valence-electron chi connectivity index (χ2n) is 5.97. The van der Waals surface area contributed by atoms with Gasteiger partial charge in [0.15, 0.2) is 0 Å². The molecule has 0 aliphatic heterocycles. The Morgan fingerprint density at radius 1 is 1.28 bits per heavy atom. The van der Waals surface area contributed by atoms with Crippen molar-refractivity contribution in [3.8, 4) is 0 Å². The predicted molar refractivity (Wildman–Crippen MR) is 76.8 cm³/mol. The molecule has 0 radical (unpaired) electrons. The molecule has 2 aliphatic rings. The molecule has 96 valence electrons.